The van der Waals surface area contributed by atoms with E-state index in [4.69, 9.17) is 4.74 Å². The molecule has 0 fully saturated rings. The zero-order chi connectivity index (χ0) is 18.5. The molecule has 0 aliphatic carbocycles. The second kappa shape index (κ2) is 8.43. The monoisotopic (exact) mass is 368 g/mol. The zero-order valence-electron chi connectivity index (χ0n) is 14.4. The number of unbranched alkanes of at least 4 members (excludes halogenated alkanes) is 1. The van der Waals surface area contributed by atoms with E-state index in [2.05, 4.69) is 20.8 Å². The Bertz CT molecular complexity index is 539. The Morgan fingerprint density at radius 1 is 1.12 bits per heavy atom. The van der Waals surface area contributed by atoms with Gasteiger partial charge in [0, 0.05) is 11.6 Å². The summed E-state index contributed by atoms with van der Waals surface area (Å²) in [5.74, 6) is -2.26. The highest BCUT2D eigenvalue weighted by atomic mass is 32.2. The van der Waals surface area contributed by atoms with Crippen LogP contribution in [0.3, 0.4) is 0 Å². The molecule has 0 spiro atoms. The normalized spacial score (nSPS) is 13.9. The molecule has 0 aliphatic heterocycles. The van der Waals surface area contributed by atoms with Crippen molar-refractivity contribution in [3.05, 3.63) is 23.5 Å². The molecule has 0 amide bonds. The summed E-state index contributed by atoms with van der Waals surface area (Å²) in [6.07, 6.45) is -1.93. The van der Waals surface area contributed by atoms with Gasteiger partial charge in [0.1, 0.15) is 0 Å². The van der Waals surface area contributed by atoms with Crippen LogP contribution < -0.4 is 4.74 Å². The number of rotatable bonds is 7. The van der Waals surface area contributed by atoms with Gasteiger partial charge in [-0.2, -0.15) is 13.2 Å². The Labute approximate surface area is 143 Å². The predicted octanol–water partition coefficient (Wildman–Crippen LogP) is 5.40. The molecule has 7 heteroatoms. The van der Waals surface area contributed by atoms with E-state index in [9.17, 15) is 22.1 Å². The molecule has 0 radical (unpaired) electrons. The van der Waals surface area contributed by atoms with Crippen molar-refractivity contribution in [2.45, 2.75) is 58.0 Å². The van der Waals surface area contributed by atoms with E-state index in [0.717, 1.165) is 25.0 Å². The molecule has 0 heterocycles. The van der Waals surface area contributed by atoms with Crippen LogP contribution in [-0.4, -0.2) is 23.1 Å². The van der Waals surface area contributed by atoms with Gasteiger partial charge in [-0.15, -0.1) is 0 Å². The summed E-state index contributed by atoms with van der Waals surface area (Å²) < 4.78 is 68.2. The average Bonchev–Trinajstić information content (AvgIpc) is 2.37. The average molecular weight is 368 g/mol. The SMILES string of the molecule is Cc1cc(F)c(OCCCCC(C)(C)C)cc1[S+]([O-])CC(F)(F)F. The Balaban J connectivity index is 2.70. The van der Waals surface area contributed by atoms with Crippen molar-refractivity contribution in [1.29, 1.82) is 0 Å². The topological polar surface area (TPSA) is 32.3 Å². The highest BCUT2D eigenvalue weighted by Crippen LogP contribution is 2.30. The minimum atomic E-state index is -4.54. The number of benzene rings is 1. The molecule has 0 bridgehead atoms. The van der Waals surface area contributed by atoms with Crippen LogP contribution in [0.25, 0.3) is 0 Å². The van der Waals surface area contributed by atoms with Crippen molar-refractivity contribution in [1.82, 2.24) is 0 Å². The maximum Gasteiger partial charge on any atom is 0.433 e. The smallest absolute Gasteiger partial charge is 0.433 e. The van der Waals surface area contributed by atoms with E-state index in [-0.39, 0.29) is 28.2 Å². The molecule has 0 saturated heterocycles. The zero-order valence-corrected chi connectivity index (χ0v) is 15.2. The minimum Gasteiger partial charge on any atom is -0.611 e. The molecular weight excluding hydrogens is 344 g/mol. The van der Waals surface area contributed by atoms with E-state index < -0.39 is 28.9 Å². The number of halogens is 4. The van der Waals surface area contributed by atoms with Crippen molar-refractivity contribution in [2.24, 2.45) is 5.41 Å². The van der Waals surface area contributed by atoms with Gasteiger partial charge in [0.15, 0.2) is 16.5 Å². The summed E-state index contributed by atoms with van der Waals surface area (Å²) in [7, 11) is 0. The molecule has 1 aromatic rings. The molecule has 2 nitrogen and oxygen atoms in total. The second-order valence-electron chi connectivity index (χ2n) is 7.02. The lowest BCUT2D eigenvalue weighted by Gasteiger charge is -2.18. The molecule has 0 aliphatic rings. The summed E-state index contributed by atoms with van der Waals surface area (Å²) in [5, 5.41) is 0. The van der Waals surface area contributed by atoms with Gasteiger partial charge in [-0.25, -0.2) is 4.39 Å². The lowest BCUT2D eigenvalue weighted by molar-refractivity contribution is -0.106. The van der Waals surface area contributed by atoms with Gasteiger partial charge in [-0.3, -0.25) is 0 Å². The highest BCUT2D eigenvalue weighted by molar-refractivity contribution is 7.91. The number of alkyl halides is 3. The van der Waals surface area contributed by atoms with Crippen LogP contribution in [0, 0.1) is 18.2 Å². The van der Waals surface area contributed by atoms with Crippen molar-refractivity contribution < 1.29 is 26.9 Å². The van der Waals surface area contributed by atoms with Crippen LogP contribution in [0.5, 0.6) is 5.75 Å². The molecule has 0 N–H and O–H groups in total. The van der Waals surface area contributed by atoms with Gasteiger partial charge >= 0.3 is 6.18 Å². The maximum absolute atomic E-state index is 13.9. The fourth-order valence-corrected chi connectivity index (χ4v) is 3.27. The van der Waals surface area contributed by atoms with Gasteiger partial charge in [-0.05, 0) is 48.8 Å². The van der Waals surface area contributed by atoms with Crippen molar-refractivity contribution in [3.8, 4) is 5.75 Å². The van der Waals surface area contributed by atoms with Gasteiger partial charge in [-0.1, -0.05) is 20.8 Å². The van der Waals surface area contributed by atoms with Gasteiger partial charge < -0.3 is 9.29 Å². The minimum absolute atomic E-state index is 0.0431. The number of hydrogen-bond acceptors (Lipinski definition) is 2. The Morgan fingerprint density at radius 3 is 2.29 bits per heavy atom. The van der Waals surface area contributed by atoms with Crippen LogP contribution in [-0.2, 0) is 11.2 Å². The molecular formula is C17H24F4O2S. The Morgan fingerprint density at radius 2 is 1.75 bits per heavy atom. The third-order valence-corrected chi connectivity index (χ3v) is 4.87. The van der Waals surface area contributed by atoms with Crippen LogP contribution in [0.4, 0.5) is 17.6 Å². The van der Waals surface area contributed by atoms with Crippen LogP contribution in [0.1, 0.15) is 45.6 Å². The number of hydrogen-bond donors (Lipinski definition) is 0. The molecule has 0 saturated carbocycles. The second-order valence-corrected chi connectivity index (χ2v) is 8.44. The molecule has 1 aromatic carbocycles. The summed E-state index contributed by atoms with van der Waals surface area (Å²) in [6, 6.07) is 2.18. The molecule has 1 rings (SSSR count). The van der Waals surface area contributed by atoms with Crippen LogP contribution >= 0.6 is 0 Å². The third kappa shape index (κ3) is 7.75. The van der Waals surface area contributed by atoms with E-state index >= 15 is 0 Å². The van der Waals surface area contributed by atoms with Crippen molar-refractivity contribution in [3.63, 3.8) is 0 Å². The lowest BCUT2D eigenvalue weighted by atomic mass is 9.90. The van der Waals surface area contributed by atoms with Gasteiger partial charge in [0.25, 0.3) is 0 Å². The summed E-state index contributed by atoms with van der Waals surface area (Å²) in [4.78, 5) is -0.0431. The van der Waals surface area contributed by atoms with Crippen LogP contribution in [0.15, 0.2) is 17.0 Å². The molecule has 24 heavy (non-hydrogen) atoms. The number of ether oxygens (including phenoxy) is 1. The number of aryl methyl sites for hydroxylation is 1. The fraction of sp³-hybridized carbons (Fsp3) is 0.647. The van der Waals surface area contributed by atoms with E-state index in [1.165, 1.54) is 6.92 Å². The summed E-state index contributed by atoms with van der Waals surface area (Å²) in [5.41, 5.74) is 0.423. The highest BCUT2D eigenvalue weighted by Gasteiger charge is 2.36. The van der Waals surface area contributed by atoms with E-state index in [0.29, 0.717) is 6.42 Å². The van der Waals surface area contributed by atoms with Crippen molar-refractivity contribution in [2.75, 3.05) is 12.4 Å². The fourth-order valence-electron chi connectivity index (χ4n) is 2.16. The Hall–Kier alpha value is -0.950. The van der Waals surface area contributed by atoms with E-state index in [1.807, 2.05) is 0 Å². The van der Waals surface area contributed by atoms with Gasteiger partial charge in [0.05, 0.1) is 6.61 Å². The quantitative estimate of drug-likeness (QED) is 0.367. The van der Waals surface area contributed by atoms with E-state index in [1.54, 1.807) is 0 Å². The molecule has 138 valence electrons. The standard InChI is InChI=1S/C17H24F4O2S/c1-12-9-13(18)14(23-8-6-5-7-16(2,3)4)10-15(12)24(22)11-17(19,20)21/h9-10H,5-8,11H2,1-4H3. The molecule has 0 aromatic heterocycles. The summed E-state index contributed by atoms with van der Waals surface area (Å²) >= 11 is -2.28. The lowest BCUT2D eigenvalue weighted by Crippen LogP contribution is -2.23. The molecule has 1 unspecified atom stereocenters. The first-order valence-corrected chi connectivity index (χ1v) is 9.09. The predicted molar refractivity (Wildman–Crippen MR) is 87.3 cm³/mol. The van der Waals surface area contributed by atoms with Crippen molar-refractivity contribution >= 4 is 11.2 Å². The first-order valence-electron chi connectivity index (χ1n) is 7.77. The first kappa shape index (κ1) is 21.1. The summed E-state index contributed by atoms with van der Waals surface area (Å²) in [6.45, 7) is 8.06. The largest absolute Gasteiger partial charge is 0.611 e. The first-order chi connectivity index (χ1) is 10.9. The third-order valence-electron chi connectivity index (χ3n) is 3.35. The maximum atomic E-state index is 13.9. The van der Waals surface area contributed by atoms with Crippen LogP contribution in [0.2, 0.25) is 0 Å². The van der Waals surface area contributed by atoms with Gasteiger partial charge in [0.2, 0.25) is 5.75 Å². The Kier molecular flexibility index (Phi) is 7.41. The molecule has 1 atom stereocenters.